The van der Waals surface area contributed by atoms with E-state index in [1.807, 2.05) is 6.92 Å². The van der Waals surface area contributed by atoms with Crippen LogP contribution in [0.25, 0.3) is 11.3 Å². The Kier molecular flexibility index (Phi) is 5.05. The minimum atomic E-state index is -0.501. The van der Waals surface area contributed by atoms with Gasteiger partial charge in [-0.15, -0.1) is 0 Å². The molecule has 8 nitrogen and oxygen atoms in total. The monoisotopic (exact) mass is 412 g/mol. The zero-order chi connectivity index (χ0) is 21.6. The molecule has 2 aliphatic rings. The number of nitrogens with zero attached hydrogens (tertiary/aromatic N) is 5. The normalized spacial score (nSPS) is 20.7. The Bertz CT molecular complexity index is 1030. The van der Waals surface area contributed by atoms with E-state index >= 15 is 4.39 Å². The van der Waals surface area contributed by atoms with Crippen molar-refractivity contribution in [3.05, 3.63) is 42.0 Å². The predicted octanol–water partition coefficient (Wildman–Crippen LogP) is 1.87. The molecule has 0 aromatic carbocycles. The van der Waals surface area contributed by atoms with E-state index in [2.05, 4.69) is 22.0 Å². The number of piperidine rings is 1. The molecular formula is C21H25FN6O2. The molecule has 0 radical (unpaired) electrons. The molecule has 158 valence electrons. The minimum Gasteiger partial charge on any atom is -0.352 e. The molecule has 2 atom stereocenters. The average Bonchev–Trinajstić information content (AvgIpc) is 3.34. The topological polar surface area (TPSA) is 83.4 Å². The number of halogens is 1. The van der Waals surface area contributed by atoms with Crippen molar-refractivity contribution in [2.24, 2.45) is 7.05 Å². The molecule has 2 aromatic rings. The van der Waals surface area contributed by atoms with E-state index in [4.69, 9.17) is 0 Å². The van der Waals surface area contributed by atoms with E-state index in [-0.39, 0.29) is 41.8 Å². The Morgan fingerprint density at radius 3 is 2.87 bits per heavy atom. The van der Waals surface area contributed by atoms with Gasteiger partial charge in [-0.1, -0.05) is 6.58 Å². The molecule has 30 heavy (non-hydrogen) atoms. The fraction of sp³-hybridized carbons (Fsp3) is 0.429. The first-order chi connectivity index (χ1) is 14.3. The number of pyridine rings is 1. The lowest BCUT2D eigenvalue weighted by Crippen LogP contribution is -2.52. The molecule has 2 aromatic heterocycles. The number of aryl methyl sites for hydroxylation is 1. The van der Waals surface area contributed by atoms with E-state index in [1.54, 1.807) is 41.0 Å². The highest BCUT2D eigenvalue weighted by Crippen LogP contribution is 2.35. The highest BCUT2D eigenvalue weighted by Gasteiger charge is 2.35. The molecule has 1 N–H and O–H groups in total. The number of rotatable bonds is 4. The lowest BCUT2D eigenvalue weighted by molar-refractivity contribution is -0.129. The fourth-order valence-electron chi connectivity index (χ4n) is 4.25. The van der Waals surface area contributed by atoms with E-state index in [0.29, 0.717) is 23.4 Å². The molecule has 4 heterocycles. The van der Waals surface area contributed by atoms with Crippen LogP contribution in [0.5, 0.6) is 0 Å². The quantitative estimate of drug-likeness (QED) is 0.775. The van der Waals surface area contributed by atoms with E-state index in [1.165, 1.54) is 6.08 Å². The van der Waals surface area contributed by atoms with Crippen LogP contribution in [0.1, 0.15) is 35.7 Å². The number of anilines is 1. The maximum absolute atomic E-state index is 15.4. The van der Waals surface area contributed by atoms with Gasteiger partial charge in [0.15, 0.2) is 11.6 Å². The average molecular weight is 412 g/mol. The van der Waals surface area contributed by atoms with Crippen molar-refractivity contribution in [1.29, 1.82) is 0 Å². The second kappa shape index (κ2) is 7.55. The van der Waals surface area contributed by atoms with Crippen LogP contribution in [0.3, 0.4) is 0 Å². The number of likely N-dealkylation sites (N-methyl/N-ethyl adjacent to an activating group) is 1. The van der Waals surface area contributed by atoms with Crippen LogP contribution in [-0.4, -0.2) is 57.2 Å². The zero-order valence-corrected chi connectivity index (χ0v) is 17.4. The van der Waals surface area contributed by atoms with Gasteiger partial charge in [-0.05, 0) is 25.8 Å². The Balaban J connectivity index is 1.75. The Morgan fingerprint density at radius 1 is 1.43 bits per heavy atom. The lowest BCUT2D eigenvalue weighted by atomic mass is 9.97. The minimum absolute atomic E-state index is 0.100. The summed E-state index contributed by atoms with van der Waals surface area (Å²) in [7, 11) is 3.56. The SMILES string of the molecule is C=CC(=O)N1C[C@H](N(C)c2nc(-c3cnn(C)c3)c3c(c2F)CNC3=O)CC[C@H]1C. The summed E-state index contributed by atoms with van der Waals surface area (Å²) < 4.78 is 17.1. The van der Waals surface area contributed by atoms with Gasteiger partial charge in [-0.2, -0.15) is 5.10 Å². The van der Waals surface area contributed by atoms with Gasteiger partial charge in [-0.3, -0.25) is 14.3 Å². The molecule has 2 amide bonds. The standard InChI is InChI=1S/C21H25FN6O2/c1-5-16(29)28-11-14(7-6-12(28)2)27(4)20-18(22)15-9-23-21(30)17(15)19(25-20)13-8-24-26(3)10-13/h5,8,10,12,14H,1,6-7,9,11H2,2-4H3,(H,23,30)/t12-,14-/m1/s1. The first-order valence-corrected chi connectivity index (χ1v) is 9.97. The first kappa shape index (κ1) is 20.1. The largest absolute Gasteiger partial charge is 0.352 e. The van der Waals surface area contributed by atoms with Crippen molar-refractivity contribution in [2.45, 2.75) is 38.4 Å². The number of hydrogen-bond donors (Lipinski definition) is 1. The lowest BCUT2D eigenvalue weighted by Gasteiger charge is -2.41. The number of carbonyl (C=O) groups is 2. The van der Waals surface area contributed by atoms with E-state index in [9.17, 15) is 9.59 Å². The van der Waals surface area contributed by atoms with Crippen LogP contribution in [0.15, 0.2) is 25.0 Å². The number of carbonyl (C=O) groups excluding carboxylic acids is 2. The second-order valence-corrected chi connectivity index (χ2v) is 7.92. The first-order valence-electron chi connectivity index (χ1n) is 9.97. The third kappa shape index (κ3) is 3.24. The molecule has 0 bridgehead atoms. The van der Waals surface area contributed by atoms with Gasteiger partial charge in [0, 0.05) is 56.6 Å². The summed E-state index contributed by atoms with van der Waals surface area (Å²) in [6.45, 7) is 6.17. The third-order valence-corrected chi connectivity index (χ3v) is 6.05. The summed E-state index contributed by atoms with van der Waals surface area (Å²) in [4.78, 5) is 32.7. The smallest absolute Gasteiger partial charge is 0.254 e. The van der Waals surface area contributed by atoms with Crippen molar-refractivity contribution in [3.8, 4) is 11.3 Å². The van der Waals surface area contributed by atoms with Crippen LogP contribution >= 0.6 is 0 Å². The van der Waals surface area contributed by atoms with Gasteiger partial charge >= 0.3 is 0 Å². The van der Waals surface area contributed by atoms with Gasteiger partial charge in [0.1, 0.15) is 0 Å². The summed E-state index contributed by atoms with van der Waals surface area (Å²) in [6, 6.07) is 0.00251. The Labute approximate surface area is 174 Å². The van der Waals surface area contributed by atoms with Gasteiger partial charge in [0.25, 0.3) is 5.91 Å². The molecule has 0 unspecified atom stereocenters. The molecular weight excluding hydrogens is 387 g/mol. The maximum atomic E-state index is 15.4. The van der Waals surface area contributed by atoms with E-state index in [0.717, 1.165) is 12.8 Å². The van der Waals surface area contributed by atoms with E-state index < -0.39 is 5.82 Å². The second-order valence-electron chi connectivity index (χ2n) is 7.92. The van der Waals surface area contributed by atoms with Crippen LogP contribution in [-0.2, 0) is 18.4 Å². The molecule has 0 aliphatic carbocycles. The van der Waals surface area contributed by atoms with Crippen molar-refractivity contribution < 1.29 is 14.0 Å². The molecule has 9 heteroatoms. The Morgan fingerprint density at radius 2 is 2.20 bits per heavy atom. The number of likely N-dealkylation sites (tertiary alicyclic amines) is 1. The van der Waals surface area contributed by atoms with Gasteiger partial charge < -0.3 is 15.1 Å². The van der Waals surface area contributed by atoms with Crippen LogP contribution in [0.4, 0.5) is 10.2 Å². The zero-order valence-electron chi connectivity index (χ0n) is 17.4. The molecule has 2 aliphatic heterocycles. The number of amides is 2. The third-order valence-electron chi connectivity index (χ3n) is 6.05. The van der Waals surface area contributed by atoms with Gasteiger partial charge in [0.05, 0.1) is 17.5 Å². The van der Waals surface area contributed by atoms with Crippen molar-refractivity contribution in [3.63, 3.8) is 0 Å². The highest BCUT2D eigenvalue weighted by atomic mass is 19.1. The van der Waals surface area contributed by atoms with Gasteiger partial charge in [-0.25, -0.2) is 9.37 Å². The van der Waals surface area contributed by atoms with Crippen molar-refractivity contribution in [2.75, 3.05) is 18.5 Å². The maximum Gasteiger partial charge on any atom is 0.254 e. The predicted molar refractivity (Wildman–Crippen MR) is 110 cm³/mol. The fourth-order valence-corrected chi connectivity index (χ4v) is 4.25. The van der Waals surface area contributed by atoms with Crippen LogP contribution in [0.2, 0.25) is 0 Å². The molecule has 0 spiro atoms. The molecule has 1 fully saturated rings. The Hall–Kier alpha value is -3.23. The van der Waals surface area contributed by atoms with Crippen LogP contribution in [0, 0.1) is 5.82 Å². The summed E-state index contributed by atoms with van der Waals surface area (Å²) in [5.74, 6) is -0.791. The number of fused-ring (bicyclic) bond motifs is 1. The van der Waals surface area contributed by atoms with Crippen molar-refractivity contribution in [1.82, 2.24) is 25.0 Å². The summed E-state index contributed by atoms with van der Waals surface area (Å²) in [5.41, 5.74) is 1.65. The number of hydrogen-bond acceptors (Lipinski definition) is 5. The summed E-state index contributed by atoms with van der Waals surface area (Å²) in [5, 5.41) is 6.86. The van der Waals surface area contributed by atoms with Crippen molar-refractivity contribution >= 4 is 17.6 Å². The molecule has 4 rings (SSSR count). The van der Waals surface area contributed by atoms with Gasteiger partial charge in [0.2, 0.25) is 5.91 Å². The molecule has 0 saturated carbocycles. The highest BCUT2D eigenvalue weighted by molar-refractivity contribution is 6.04. The summed E-state index contributed by atoms with van der Waals surface area (Å²) in [6.07, 6.45) is 6.28. The number of nitrogens with one attached hydrogen (secondary N) is 1. The number of aromatic nitrogens is 3. The van der Waals surface area contributed by atoms with Crippen LogP contribution < -0.4 is 10.2 Å². The summed E-state index contributed by atoms with van der Waals surface area (Å²) >= 11 is 0. The molecule has 1 saturated heterocycles.